The summed E-state index contributed by atoms with van der Waals surface area (Å²) in [7, 11) is 3.29. The van der Waals surface area contributed by atoms with Crippen molar-refractivity contribution < 1.29 is 24.5 Å². The van der Waals surface area contributed by atoms with Gasteiger partial charge in [0.15, 0.2) is 17.2 Å². The molecule has 0 spiro atoms. The minimum atomic E-state index is -1.26. The number of aliphatic hydroxyl groups excluding tert-OH is 2. The molecule has 3 rings (SSSR count). The molecule has 3 aromatic rings. The number of aryl methyl sites for hydroxylation is 1. The second kappa shape index (κ2) is 10.8. The SMILES string of the molecule is CCOc1cccn2c(C(=O)CC(CO)(CO)c3cccc(C(=O)N(C)C)c3)c(C)nc12.Cl. The van der Waals surface area contributed by atoms with Crippen molar-refractivity contribution in [1.29, 1.82) is 0 Å². The Balaban J connectivity index is 0.00000385. The minimum Gasteiger partial charge on any atom is -0.490 e. The highest BCUT2D eigenvalue weighted by molar-refractivity contribution is 5.98. The maximum atomic E-state index is 13.4. The summed E-state index contributed by atoms with van der Waals surface area (Å²) in [5.74, 6) is 0.0859. The van der Waals surface area contributed by atoms with Crippen LogP contribution >= 0.6 is 12.4 Å². The van der Waals surface area contributed by atoms with Gasteiger partial charge < -0.3 is 19.8 Å². The van der Waals surface area contributed by atoms with E-state index in [-0.39, 0.29) is 30.5 Å². The van der Waals surface area contributed by atoms with Crippen LogP contribution in [0.3, 0.4) is 0 Å². The van der Waals surface area contributed by atoms with Crippen molar-refractivity contribution in [3.05, 3.63) is 65.1 Å². The zero-order valence-electron chi connectivity index (χ0n) is 19.2. The van der Waals surface area contributed by atoms with Crippen LogP contribution in [0.1, 0.15) is 45.4 Å². The van der Waals surface area contributed by atoms with E-state index in [1.165, 1.54) is 4.90 Å². The second-order valence-corrected chi connectivity index (χ2v) is 8.02. The third kappa shape index (κ3) is 5.03. The molecule has 0 bridgehead atoms. The normalized spacial score (nSPS) is 11.2. The summed E-state index contributed by atoms with van der Waals surface area (Å²) in [6.45, 7) is 3.15. The summed E-state index contributed by atoms with van der Waals surface area (Å²) >= 11 is 0. The van der Waals surface area contributed by atoms with E-state index >= 15 is 0 Å². The minimum absolute atomic E-state index is 0. The highest BCUT2D eigenvalue weighted by Gasteiger charge is 2.36. The van der Waals surface area contributed by atoms with Crippen molar-refractivity contribution in [3.63, 3.8) is 0 Å². The first-order valence-corrected chi connectivity index (χ1v) is 10.5. The van der Waals surface area contributed by atoms with Crippen LogP contribution < -0.4 is 4.74 Å². The van der Waals surface area contributed by atoms with Crippen LogP contribution in [-0.4, -0.2) is 70.1 Å². The van der Waals surface area contributed by atoms with Crippen LogP contribution in [0.5, 0.6) is 5.75 Å². The maximum Gasteiger partial charge on any atom is 0.253 e. The van der Waals surface area contributed by atoms with Crippen molar-refractivity contribution in [1.82, 2.24) is 14.3 Å². The van der Waals surface area contributed by atoms with Gasteiger partial charge in [-0.1, -0.05) is 12.1 Å². The summed E-state index contributed by atoms with van der Waals surface area (Å²) in [5, 5.41) is 20.5. The number of ether oxygens (including phenoxy) is 1. The molecule has 9 heteroatoms. The molecule has 2 heterocycles. The van der Waals surface area contributed by atoms with Gasteiger partial charge in [-0.25, -0.2) is 4.98 Å². The molecule has 0 fully saturated rings. The second-order valence-electron chi connectivity index (χ2n) is 8.02. The summed E-state index contributed by atoms with van der Waals surface area (Å²) in [4.78, 5) is 31.8. The number of halogens is 1. The van der Waals surface area contributed by atoms with Crippen molar-refractivity contribution in [3.8, 4) is 5.75 Å². The number of imidazole rings is 1. The van der Waals surface area contributed by atoms with Crippen molar-refractivity contribution >= 4 is 29.7 Å². The highest BCUT2D eigenvalue weighted by Crippen LogP contribution is 2.31. The van der Waals surface area contributed by atoms with Gasteiger partial charge in [-0.15, -0.1) is 12.4 Å². The Morgan fingerprint density at radius 3 is 2.45 bits per heavy atom. The van der Waals surface area contributed by atoms with E-state index in [2.05, 4.69) is 4.98 Å². The average Bonchev–Trinajstić information content (AvgIpc) is 3.14. The molecule has 0 aliphatic rings. The van der Waals surface area contributed by atoms with E-state index in [1.54, 1.807) is 68.0 Å². The van der Waals surface area contributed by atoms with Crippen LogP contribution in [0.15, 0.2) is 42.6 Å². The number of Topliss-reactive ketones (excluding diaryl/α,β-unsaturated/α-hetero) is 1. The predicted octanol–water partition coefficient (Wildman–Crippen LogP) is 2.66. The smallest absolute Gasteiger partial charge is 0.253 e. The Labute approximate surface area is 199 Å². The number of amides is 1. The van der Waals surface area contributed by atoms with Gasteiger partial charge >= 0.3 is 0 Å². The van der Waals surface area contributed by atoms with Crippen LogP contribution in [0.25, 0.3) is 5.65 Å². The monoisotopic (exact) mass is 475 g/mol. The van der Waals surface area contributed by atoms with Gasteiger partial charge in [0, 0.05) is 37.7 Å². The topological polar surface area (TPSA) is 104 Å². The molecule has 1 amide bonds. The number of ketones is 1. The fourth-order valence-corrected chi connectivity index (χ4v) is 3.84. The number of hydrogen-bond donors (Lipinski definition) is 2. The third-order valence-electron chi connectivity index (χ3n) is 5.58. The zero-order valence-corrected chi connectivity index (χ0v) is 20.1. The number of fused-ring (bicyclic) bond motifs is 1. The molecule has 33 heavy (non-hydrogen) atoms. The number of pyridine rings is 1. The molecule has 0 saturated carbocycles. The van der Waals surface area contributed by atoms with E-state index in [4.69, 9.17) is 4.74 Å². The van der Waals surface area contributed by atoms with Gasteiger partial charge in [0.1, 0.15) is 5.69 Å². The summed E-state index contributed by atoms with van der Waals surface area (Å²) in [6, 6.07) is 10.2. The molecule has 0 atom stereocenters. The molecule has 2 aromatic heterocycles. The van der Waals surface area contributed by atoms with Gasteiger partial charge in [-0.3, -0.25) is 14.0 Å². The van der Waals surface area contributed by atoms with Crippen molar-refractivity contribution in [2.24, 2.45) is 0 Å². The third-order valence-corrected chi connectivity index (χ3v) is 5.58. The van der Waals surface area contributed by atoms with Crippen molar-refractivity contribution in [2.75, 3.05) is 33.9 Å². The number of rotatable bonds is 9. The van der Waals surface area contributed by atoms with E-state index in [0.29, 0.717) is 40.5 Å². The van der Waals surface area contributed by atoms with E-state index in [1.807, 2.05) is 6.92 Å². The highest BCUT2D eigenvalue weighted by atomic mass is 35.5. The molecular weight excluding hydrogens is 446 g/mol. The molecule has 0 aliphatic heterocycles. The number of aromatic nitrogens is 2. The molecule has 178 valence electrons. The van der Waals surface area contributed by atoms with Crippen molar-refractivity contribution in [2.45, 2.75) is 25.7 Å². The lowest BCUT2D eigenvalue weighted by Gasteiger charge is -2.30. The maximum absolute atomic E-state index is 13.4. The predicted molar refractivity (Wildman–Crippen MR) is 128 cm³/mol. The van der Waals surface area contributed by atoms with Gasteiger partial charge in [0.25, 0.3) is 5.91 Å². The van der Waals surface area contributed by atoms with Crippen LogP contribution in [-0.2, 0) is 5.41 Å². The fraction of sp³-hybridized carbons (Fsp3) is 0.375. The number of carbonyl (C=O) groups is 2. The summed E-state index contributed by atoms with van der Waals surface area (Å²) in [6.07, 6.45) is 1.58. The number of aliphatic hydroxyl groups is 2. The number of benzene rings is 1. The van der Waals surface area contributed by atoms with E-state index < -0.39 is 18.6 Å². The standard InChI is InChI=1S/C24H29N3O5.ClH/c1-5-32-20-10-7-11-27-21(16(2)25-22(20)27)19(30)13-24(14-28,15-29)18-9-6-8-17(12-18)23(31)26(3)4;/h6-12,28-29H,5,13-15H2,1-4H3;1H. The Kier molecular flexibility index (Phi) is 8.60. The van der Waals surface area contributed by atoms with Crippen LogP contribution in [0.2, 0.25) is 0 Å². The first-order chi connectivity index (χ1) is 15.3. The summed E-state index contributed by atoms with van der Waals surface area (Å²) < 4.78 is 7.30. The Bertz CT molecular complexity index is 1140. The Morgan fingerprint density at radius 1 is 1.15 bits per heavy atom. The van der Waals surface area contributed by atoms with Gasteiger partial charge in [0.2, 0.25) is 0 Å². The molecule has 8 nitrogen and oxygen atoms in total. The van der Waals surface area contributed by atoms with E-state index in [0.717, 1.165) is 0 Å². The first kappa shape index (κ1) is 26.3. The Morgan fingerprint density at radius 2 is 1.85 bits per heavy atom. The molecular formula is C24H30ClN3O5. The van der Waals surface area contributed by atoms with Gasteiger partial charge in [-0.05, 0) is 43.7 Å². The molecule has 0 radical (unpaired) electrons. The van der Waals surface area contributed by atoms with E-state index in [9.17, 15) is 19.8 Å². The molecule has 1 aromatic carbocycles. The zero-order chi connectivity index (χ0) is 23.5. The van der Waals surface area contributed by atoms with Crippen LogP contribution in [0.4, 0.5) is 0 Å². The molecule has 0 unspecified atom stereocenters. The number of hydrogen-bond acceptors (Lipinski definition) is 6. The lowest BCUT2D eigenvalue weighted by molar-refractivity contribution is 0.0781. The largest absolute Gasteiger partial charge is 0.490 e. The molecule has 0 saturated heterocycles. The quantitative estimate of drug-likeness (QED) is 0.461. The fourth-order valence-electron chi connectivity index (χ4n) is 3.84. The first-order valence-electron chi connectivity index (χ1n) is 10.5. The van der Waals surface area contributed by atoms with Crippen LogP contribution in [0, 0.1) is 6.92 Å². The summed E-state index contributed by atoms with van der Waals surface area (Å²) in [5.41, 5.74) is 1.11. The lowest BCUT2D eigenvalue weighted by Crippen LogP contribution is -2.38. The lowest BCUT2D eigenvalue weighted by atomic mass is 9.76. The Hall–Kier alpha value is -2.94. The molecule has 0 aliphatic carbocycles. The average molecular weight is 476 g/mol. The number of carbonyl (C=O) groups excluding carboxylic acids is 2. The molecule has 2 N–H and O–H groups in total. The van der Waals surface area contributed by atoms with Gasteiger partial charge in [-0.2, -0.15) is 0 Å². The number of nitrogens with zero attached hydrogens (tertiary/aromatic N) is 3. The van der Waals surface area contributed by atoms with Gasteiger partial charge in [0.05, 0.1) is 25.5 Å².